The molecule has 0 fully saturated rings. The molecule has 0 unspecified atom stereocenters. The minimum Gasteiger partial charge on any atom is -0.493 e. The Labute approximate surface area is 153 Å². The molecule has 138 valence electrons. The number of likely N-dealkylation sites (N-methyl/N-ethyl adjacent to an activating group) is 1. The van der Waals surface area contributed by atoms with E-state index < -0.39 is 0 Å². The van der Waals surface area contributed by atoms with Gasteiger partial charge in [-0.1, -0.05) is 24.3 Å². The van der Waals surface area contributed by atoms with Crippen LogP contribution in [-0.4, -0.2) is 51.1 Å². The summed E-state index contributed by atoms with van der Waals surface area (Å²) in [6, 6.07) is 14.5. The van der Waals surface area contributed by atoms with Gasteiger partial charge in [-0.05, 0) is 36.2 Å². The van der Waals surface area contributed by atoms with E-state index in [2.05, 4.69) is 5.32 Å². The molecular weight excluding hydrogens is 332 g/mol. The number of amides is 2. The fourth-order valence-electron chi connectivity index (χ4n) is 2.44. The molecule has 2 amide bonds. The number of ether oxygens (including phenoxy) is 2. The number of nitrogens with one attached hydrogen (secondary N) is 1. The minimum absolute atomic E-state index is 0.0316. The highest BCUT2D eigenvalue weighted by molar-refractivity contribution is 5.96. The molecule has 0 atom stereocenters. The third-order valence-electron chi connectivity index (χ3n) is 4.05. The first kappa shape index (κ1) is 19.3. The Morgan fingerprint density at radius 2 is 1.69 bits per heavy atom. The average molecular weight is 356 g/mol. The van der Waals surface area contributed by atoms with Gasteiger partial charge in [0.25, 0.3) is 5.91 Å². The van der Waals surface area contributed by atoms with Gasteiger partial charge in [0, 0.05) is 19.2 Å². The van der Waals surface area contributed by atoms with Crippen LogP contribution in [-0.2, 0) is 11.2 Å². The van der Waals surface area contributed by atoms with Crippen molar-refractivity contribution in [3.8, 4) is 11.5 Å². The second kappa shape index (κ2) is 9.46. The van der Waals surface area contributed by atoms with Gasteiger partial charge in [0.05, 0.1) is 20.8 Å². The van der Waals surface area contributed by atoms with Gasteiger partial charge >= 0.3 is 0 Å². The lowest BCUT2D eigenvalue weighted by atomic mass is 10.1. The van der Waals surface area contributed by atoms with Crippen LogP contribution in [0.15, 0.2) is 48.5 Å². The molecule has 0 radical (unpaired) electrons. The van der Waals surface area contributed by atoms with Gasteiger partial charge in [0.15, 0.2) is 11.5 Å². The van der Waals surface area contributed by atoms with E-state index in [-0.39, 0.29) is 18.4 Å². The highest BCUT2D eigenvalue weighted by Crippen LogP contribution is 2.27. The molecule has 0 aliphatic heterocycles. The van der Waals surface area contributed by atoms with Crippen LogP contribution in [0.1, 0.15) is 15.9 Å². The van der Waals surface area contributed by atoms with Gasteiger partial charge in [-0.2, -0.15) is 0 Å². The molecule has 0 aliphatic rings. The summed E-state index contributed by atoms with van der Waals surface area (Å²) in [7, 11) is 4.90. The number of carbonyl (C=O) groups excluding carboxylic acids is 2. The summed E-state index contributed by atoms with van der Waals surface area (Å²) >= 11 is 0. The van der Waals surface area contributed by atoms with E-state index in [1.165, 1.54) is 0 Å². The van der Waals surface area contributed by atoms with E-state index in [0.717, 1.165) is 5.56 Å². The third-order valence-corrected chi connectivity index (χ3v) is 4.05. The molecule has 6 nitrogen and oxygen atoms in total. The van der Waals surface area contributed by atoms with Crippen LogP contribution >= 0.6 is 0 Å². The number of methoxy groups -OCH3 is 2. The topological polar surface area (TPSA) is 67.9 Å². The summed E-state index contributed by atoms with van der Waals surface area (Å²) in [5.41, 5.74) is 1.57. The first-order valence-electron chi connectivity index (χ1n) is 8.33. The average Bonchev–Trinajstić information content (AvgIpc) is 2.70. The molecule has 0 saturated carbocycles. The monoisotopic (exact) mass is 356 g/mol. The van der Waals surface area contributed by atoms with Crippen molar-refractivity contribution >= 4 is 11.8 Å². The van der Waals surface area contributed by atoms with Gasteiger partial charge in [-0.25, -0.2) is 0 Å². The normalized spacial score (nSPS) is 10.1. The first-order chi connectivity index (χ1) is 12.5. The Morgan fingerprint density at radius 1 is 1.00 bits per heavy atom. The predicted molar refractivity (Wildman–Crippen MR) is 99.7 cm³/mol. The molecule has 2 aromatic carbocycles. The van der Waals surface area contributed by atoms with E-state index >= 15 is 0 Å². The summed E-state index contributed by atoms with van der Waals surface area (Å²) in [6.45, 7) is 0.506. The maximum Gasteiger partial charge on any atom is 0.251 e. The zero-order valence-electron chi connectivity index (χ0n) is 15.3. The lowest BCUT2D eigenvalue weighted by molar-refractivity contribution is -0.128. The highest BCUT2D eigenvalue weighted by atomic mass is 16.5. The molecule has 6 heteroatoms. The van der Waals surface area contributed by atoms with Crippen LogP contribution in [0.3, 0.4) is 0 Å². The Bertz CT molecular complexity index is 747. The molecule has 0 saturated heterocycles. The van der Waals surface area contributed by atoms with Gasteiger partial charge in [-0.15, -0.1) is 0 Å². The Hall–Kier alpha value is -3.02. The Kier molecular flexibility index (Phi) is 7.02. The standard InChI is InChI=1S/C20H24N2O4/c1-22(12-11-15-9-10-17(25-2)18(13-15)26-3)19(23)14-21-20(24)16-7-5-4-6-8-16/h4-10,13H,11-12,14H2,1-3H3,(H,21,24). The van der Waals surface area contributed by atoms with Crippen molar-refractivity contribution in [2.45, 2.75) is 6.42 Å². The number of nitrogens with zero attached hydrogens (tertiary/aromatic N) is 1. The summed E-state index contributed by atoms with van der Waals surface area (Å²) in [5.74, 6) is 0.931. The van der Waals surface area contributed by atoms with Crippen LogP contribution in [0.2, 0.25) is 0 Å². The van der Waals surface area contributed by atoms with Gasteiger partial charge in [0.2, 0.25) is 5.91 Å². The third kappa shape index (κ3) is 5.24. The smallest absolute Gasteiger partial charge is 0.251 e. The SMILES string of the molecule is COc1ccc(CCN(C)C(=O)CNC(=O)c2ccccc2)cc1OC. The molecule has 0 spiro atoms. The van der Waals surface area contributed by atoms with Crippen LogP contribution in [0.4, 0.5) is 0 Å². The maximum atomic E-state index is 12.2. The van der Waals surface area contributed by atoms with Crippen molar-refractivity contribution in [1.82, 2.24) is 10.2 Å². The predicted octanol–water partition coefficient (Wildman–Crippen LogP) is 2.13. The van der Waals surface area contributed by atoms with Crippen molar-refractivity contribution in [1.29, 1.82) is 0 Å². The van der Waals surface area contributed by atoms with Crippen LogP contribution in [0.5, 0.6) is 11.5 Å². The van der Waals surface area contributed by atoms with Crippen molar-refractivity contribution < 1.29 is 19.1 Å². The second-order valence-electron chi connectivity index (χ2n) is 5.80. The van der Waals surface area contributed by atoms with E-state index in [1.807, 2.05) is 24.3 Å². The van der Waals surface area contributed by atoms with Crippen molar-refractivity contribution in [3.05, 3.63) is 59.7 Å². The lowest BCUT2D eigenvalue weighted by Gasteiger charge is -2.18. The molecule has 0 bridgehead atoms. The van der Waals surface area contributed by atoms with Gasteiger partial charge in [0.1, 0.15) is 0 Å². The summed E-state index contributed by atoms with van der Waals surface area (Å²) < 4.78 is 10.5. The zero-order chi connectivity index (χ0) is 18.9. The molecule has 2 rings (SSSR count). The summed E-state index contributed by atoms with van der Waals surface area (Å²) in [6.07, 6.45) is 0.676. The fourth-order valence-corrected chi connectivity index (χ4v) is 2.44. The number of hydrogen-bond donors (Lipinski definition) is 1. The number of hydrogen-bond acceptors (Lipinski definition) is 4. The number of carbonyl (C=O) groups is 2. The summed E-state index contributed by atoms with van der Waals surface area (Å²) in [4.78, 5) is 25.8. The van der Waals surface area contributed by atoms with Gasteiger partial charge < -0.3 is 19.7 Å². The lowest BCUT2D eigenvalue weighted by Crippen LogP contribution is -2.39. The largest absolute Gasteiger partial charge is 0.493 e. The highest BCUT2D eigenvalue weighted by Gasteiger charge is 2.12. The Balaban J connectivity index is 1.83. The molecule has 2 aromatic rings. The van der Waals surface area contributed by atoms with Crippen molar-refractivity contribution in [3.63, 3.8) is 0 Å². The first-order valence-corrected chi connectivity index (χ1v) is 8.33. The van der Waals surface area contributed by atoms with E-state index in [1.54, 1.807) is 50.4 Å². The molecule has 26 heavy (non-hydrogen) atoms. The molecular formula is C20H24N2O4. The number of rotatable bonds is 8. The van der Waals surface area contributed by atoms with E-state index in [0.29, 0.717) is 30.0 Å². The van der Waals surface area contributed by atoms with Crippen LogP contribution in [0, 0.1) is 0 Å². The van der Waals surface area contributed by atoms with Crippen LogP contribution < -0.4 is 14.8 Å². The van der Waals surface area contributed by atoms with E-state index in [9.17, 15) is 9.59 Å². The molecule has 0 aliphatic carbocycles. The summed E-state index contributed by atoms with van der Waals surface area (Å²) in [5, 5.41) is 2.64. The molecule has 1 N–H and O–H groups in total. The molecule has 0 heterocycles. The van der Waals surface area contributed by atoms with E-state index in [4.69, 9.17) is 9.47 Å². The minimum atomic E-state index is -0.257. The quantitative estimate of drug-likeness (QED) is 0.787. The second-order valence-corrected chi connectivity index (χ2v) is 5.80. The Morgan fingerprint density at radius 3 is 2.35 bits per heavy atom. The van der Waals surface area contributed by atoms with Crippen molar-refractivity contribution in [2.75, 3.05) is 34.4 Å². The van der Waals surface area contributed by atoms with Crippen molar-refractivity contribution in [2.24, 2.45) is 0 Å². The van der Waals surface area contributed by atoms with Gasteiger partial charge in [-0.3, -0.25) is 9.59 Å². The zero-order valence-corrected chi connectivity index (χ0v) is 15.3. The van der Waals surface area contributed by atoms with Crippen LogP contribution in [0.25, 0.3) is 0 Å². The fraction of sp³-hybridized carbons (Fsp3) is 0.300. The number of benzene rings is 2. The molecule has 0 aromatic heterocycles. The maximum absolute atomic E-state index is 12.2.